The molecule has 0 aliphatic heterocycles. The summed E-state index contributed by atoms with van der Waals surface area (Å²) in [5.74, 6) is 0. The van der Waals surface area contributed by atoms with Crippen molar-refractivity contribution >= 4 is 33.2 Å². The van der Waals surface area contributed by atoms with E-state index >= 15 is 0 Å². The van der Waals surface area contributed by atoms with Crippen LogP contribution in [-0.4, -0.2) is 5.11 Å². The zero-order chi connectivity index (χ0) is 8.43. The molecule has 0 fully saturated rings. The van der Waals surface area contributed by atoms with E-state index in [0.717, 1.165) is 0 Å². The number of hydrogen-bond acceptors (Lipinski definition) is 2. The molecule has 0 aliphatic rings. The highest BCUT2D eigenvalue weighted by atomic mass is 79.9. The second-order valence-electron chi connectivity index (χ2n) is 2.09. The van der Waals surface area contributed by atoms with E-state index < -0.39 is 0 Å². The summed E-state index contributed by atoms with van der Waals surface area (Å²) in [5, 5.41) is 9.35. The average molecular weight is 236 g/mol. The fraction of sp³-hybridized carbons (Fsp3) is 0.143. The normalized spacial score (nSPS) is 10.1. The third kappa shape index (κ3) is 1.67. The molecule has 0 unspecified atom stereocenters. The fourth-order valence-corrected chi connectivity index (χ4v) is 1.30. The first-order valence-corrected chi connectivity index (χ1v) is 4.17. The summed E-state index contributed by atoms with van der Waals surface area (Å²) in [6, 6.07) is 3.38. The summed E-state index contributed by atoms with van der Waals surface area (Å²) in [7, 11) is 0. The molecule has 0 amide bonds. The first kappa shape index (κ1) is 8.84. The van der Waals surface area contributed by atoms with Gasteiger partial charge in [0.25, 0.3) is 0 Å². The number of benzene rings is 1. The quantitative estimate of drug-likeness (QED) is 0.734. The molecule has 0 radical (unpaired) electrons. The number of anilines is 1. The van der Waals surface area contributed by atoms with Crippen LogP contribution in [0, 0.1) is 0 Å². The molecule has 0 aromatic heterocycles. The van der Waals surface area contributed by atoms with E-state index in [-0.39, 0.29) is 6.61 Å². The molecule has 0 saturated heterocycles. The van der Waals surface area contributed by atoms with Gasteiger partial charge in [0.2, 0.25) is 0 Å². The minimum atomic E-state index is -0.0679. The van der Waals surface area contributed by atoms with E-state index in [1.54, 1.807) is 12.1 Å². The minimum Gasteiger partial charge on any atom is -0.397 e. The lowest BCUT2D eigenvalue weighted by Crippen LogP contribution is -1.95. The molecule has 60 valence electrons. The molecule has 4 heteroatoms. The van der Waals surface area contributed by atoms with Crippen LogP contribution in [0.5, 0.6) is 0 Å². The number of rotatable bonds is 1. The molecule has 0 bridgehead atoms. The van der Waals surface area contributed by atoms with Crippen LogP contribution >= 0.6 is 27.5 Å². The third-order valence-corrected chi connectivity index (χ3v) is 2.79. The van der Waals surface area contributed by atoms with Gasteiger partial charge in [-0.3, -0.25) is 0 Å². The summed E-state index contributed by atoms with van der Waals surface area (Å²) in [6.45, 7) is -0.0679. The van der Waals surface area contributed by atoms with Gasteiger partial charge in [0.1, 0.15) is 0 Å². The fourth-order valence-electron chi connectivity index (χ4n) is 0.744. The molecule has 1 rings (SSSR count). The summed E-state index contributed by atoms with van der Waals surface area (Å²) < 4.78 is 0.644. The molecule has 0 heterocycles. The van der Waals surface area contributed by atoms with E-state index in [9.17, 15) is 0 Å². The van der Waals surface area contributed by atoms with Crippen LogP contribution in [0.25, 0.3) is 0 Å². The Kier molecular flexibility index (Phi) is 2.76. The Bertz CT molecular complexity index is 277. The predicted molar refractivity (Wildman–Crippen MR) is 49.5 cm³/mol. The van der Waals surface area contributed by atoms with Crippen molar-refractivity contribution in [2.45, 2.75) is 6.61 Å². The van der Waals surface area contributed by atoms with Crippen molar-refractivity contribution < 1.29 is 5.11 Å². The maximum atomic E-state index is 8.79. The maximum absolute atomic E-state index is 8.79. The molecular formula is C7H7BrClNO. The highest BCUT2D eigenvalue weighted by Gasteiger charge is 2.04. The van der Waals surface area contributed by atoms with Gasteiger partial charge in [-0.05, 0) is 22.0 Å². The SMILES string of the molecule is Nc1c(CO)ccc(Cl)c1Br. The molecule has 0 saturated carbocycles. The van der Waals surface area contributed by atoms with Gasteiger partial charge in [0.05, 0.1) is 21.8 Å². The average Bonchev–Trinajstić information content (AvgIpc) is 2.01. The molecule has 0 aliphatic carbocycles. The van der Waals surface area contributed by atoms with E-state index in [2.05, 4.69) is 15.9 Å². The number of halogens is 2. The van der Waals surface area contributed by atoms with Gasteiger partial charge in [0.15, 0.2) is 0 Å². The Morgan fingerprint density at radius 3 is 2.73 bits per heavy atom. The number of nitrogens with two attached hydrogens (primary N) is 1. The smallest absolute Gasteiger partial charge is 0.0702 e. The van der Waals surface area contributed by atoms with Crippen LogP contribution in [0.2, 0.25) is 5.02 Å². The zero-order valence-corrected chi connectivity index (χ0v) is 7.98. The Morgan fingerprint density at radius 1 is 1.55 bits per heavy atom. The maximum Gasteiger partial charge on any atom is 0.0702 e. The van der Waals surface area contributed by atoms with Crippen molar-refractivity contribution in [1.82, 2.24) is 0 Å². The Morgan fingerprint density at radius 2 is 2.18 bits per heavy atom. The number of aliphatic hydroxyl groups excluding tert-OH is 1. The van der Waals surface area contributed by atoms with Gasteiger partial charge in [0, 0.05) is 5.56 Å². The summed E-state index contributed by atoms with van der Waals surface area (Å²) in [5.41, 5.74) is 6.78. The summed E-state index contributed by atoms with van der Waals surface area (Å²) >= 11 is 8.94. The minimum absolute atomic E-state index is 0.0679. The number of aliphatic hydroxyl groups is 1. The van der Waals surface area contributed by atoms with Gasteiger partial charge in [-0.1, -0.05) is 17.7 Å². The molecule has 1 aromatic carbocycles. The van der Waals surface area contributed by atoms with Crippen molar-refractivity contribution in [3.63, 3.8) is 0 Å². The van der Waals surface area contributed by atoms with E-state index in [1.165, 1.54) is 0 Å². The molecule has 11 heavy (non-hydrogen) atoms. The number of nitrogen functional groups attached to an aromatic ring is 1. The van der Waals surface area contributed by atoms with E-state index in [1.807, 2.05) is 0 Å². The van der Waals surface area contributed by atoms with Crippen LogP contribution in [-0.2, 0) is 6.61 Å². The Labute approximate surface area is 78.1 Å². The van der Waals surface area contributed by atoms with Gasteiger partial charge in [-0.15, -0.1) is 0 Å². The largest absolute Gasteiger partial charge is 0.397 e. The molecule has 1 aromatic rings. The standard InChI is InChI=1S/C7H7BrClNO/c8-6-5(9)2-1-4(3-11)7(6)10/h1-2,11H,3,10H2. The summed E-state index contributed by atoms with van der Waals surface area (Å²) in [4.78, 5) is 0. The highest BCUT2D eigenvalue weighted by molar-refractivity contribution is 9.10. The Balaban J connectivity index is 3.25. The van der Waals surface area contributed by atoms with Crippen LogP contribution in [0.1, 0.15) is 5.56 Å². The highest BCUT2D eigenvalue weighted by Crippen LogP contribution is 2.30. The molecule has 0 spiro atoms. The number of hydrogen-bond donors (Lipinski definition) is 2. The molecule has 0 atom stereocenters. The van der Waals surface area contributed by atoms with Crippen LogP contribution in [0.3, 0.4) is 0 Å². The second kappa shape index (κ2) is 3.43. The second-order valence-corrected chi connectivity index (χ2v) is 3.29. The third-order valence-electron chi connectivity index (χ3n) is 1.39. The van der Waals surface area contributed by atoms with Crippen molar-refractivity contribution in [2.75, 3.05) is 5.73 Å². The monoisotopic (exact) mass is 235 g/mol. The predicted octanol–water partition coefficient (Wildman–Crippen LogP) is 2.18. The first-order chi connectivity index (χ1) is 5.16. The lowest BCUT2D eigenvalue weighted by atomic mass is 10.2. The van der Waals surface area contributed by atoms with E-state index in [4.69, 9.17) is 22.4 Å². The van der Waals surface area contributed by atoms with Crippen molar-refractivity contribution in [2.24, 2.45) is 0 Å². The molecular weight excluding hydrogens is 229 g/mol. The summed E-state index contributed by atoms with van der Waals surface area (Å²) in [6.07, 6.45) is 0. The van der Waals surface area contributed by atoms with E-state index in [0.29, 0.717) is 20.7 Å². The topological polar surface area (TPSA) is 46.2 Å². The van der Waals surface area contributed by atoms with Crippen molar-refractivity contribution in [1.29, 1.82) is 0 Å². The van der Waals surface area contributed by atoms with Crippen molar-refractivity contribution in [3.05, 3.63) is 27.2 Å². The van der Waals surface area contributed by atoms with Crippen LogP contribution in [0.15, 0.2) is 16.6 Å². The lowest BCUT2D eigenvalue weighted by Gasteiger charge is -2.05. The van der Waals surface area contributed by atoms with Gasteiger partial charge in [-0.25, -0.2) is 0 Å². The van der Waals surface area contributed by atoms with Crippen LogP contribution in [0.4, 0.5) is 5.69 Å². The van der Waals surface area contributed by atoms with Gasteiger partial charge < -0.3 is 10.8 Å². The zero-order valence-electron chi connectivity index (χ0n) is 5.64. The van der Waals surface area contributed by atoms with Gasteiger partial charge in [-0.2, -0.15) is 0 Å². The molecule has 2 nitrogen and oxygen atoms in total. The molecule has 3 N–H and O–H groups in total. The first-order valence-electron chi connectivity index (χ1n) is 3.00. The van der Waals surface area contributed by atoms with Crippen molar-refractivity contribution in [3.8, 4) is 0 Å². The lowest BCUT2D eigenvalue weighted by molar-refractivity contribution is 0.282. The Hall–Kier alpha value is -0.250. The van der Waals surface area contributed by atoms with Gasteiger partial charge >= 0.3 is 0 Å². The van der Waals surface area contributed by atoms with Crippen LogP contribution < -0.4 is 5.73 Å².